The summed E-state index contributed by atoms with van der Waals surface area (Å²) in [4.78, 5) is 43.2. The van der Waals surface area contributed by atoms with E-state index in [1.165, 1.54) is 11.7 Å². The quantitative estimate of drug-likeness (QED) is 0.574. The maximum atomic E-state index is 12.5. The summed E-state index contributed by atoms with van der Waals surface area (Å²) < 4.78 is 6.19. The Morgan fingerprint density at radius 3 is 2.92 bits per heavy atom. The molecule has 26 heavy (non-hydrogen) atoms. The molecule has 2 aromatic heterocycles. The molecule has 0 saturated carbocycles. The molecule has 3 aromatic rings. The molecule has 7 heteroatoms. The number of aromatic amines is 1. The summed E-state index contributed by atoms with van der Waals surface area (Å²) in [5.74, 6) is -0.397. The number of carbonyl (C=O) groups is 1. The van der Waals surface area contributed by atoms with Crippen molar-refractivity contribution in [3.63, 3.8) is 0 Å². The second kappa shape index (κ2) is 6.25. The van der Waals surface area contributed by atoms with Crippen molar-refractivity contribution < 1.29 is 9.53 Å². The van der Waals surface area contributed by atoms with E-state index in [0.717, 1.165) is 16.7 Å². The Kier molecular flexibility index (Phi) is 3.91. The molecular formula is C19H17N3O4. The van der Waals surface area contributed by atoms with Crippen LogP contribution in [-0.4, -0.2) is 27.6 Å². The molecule has 0 amide bonds. The molecule has 4 rings (SSSR count). The summed E-state index contributed by atoms with van der Waals surface area (Å²) in [5.41, 5.74) is 2.76. The fourth-order valence-corrected chi connectivity index (χ4v) is 3.62. The Labute approximate surface area is 148 Å². The van der Waals surface area contributed by atoms with Crippen LogP contribution in [0.5, 0.6) is 0 Å². The molecule has 1 N–H and O–H groups in total. The Morgan fingerprint density at radius 1 is 1.35 bits per heavy atom. The van der Waals surface area contributed by atoms with Crippen molar-refractivity contribution >= 4 is 17.0 Å². The van der Waals surface area contributed by atoms with Crippen molar-refractivity contribution in [2.75, 3.05) is 7.11 Å². The molecule has 0 radical (unpaired) electrons. The highest BCUT2D eigenvalue weighted by atomic mass is 16.5. The average molecular weight is 351 g/mol. The number of rotatable bonds is 3. The molecule has 0 bridgehead atoms. The topological polar surface area (TPSA) is 94.1 Å². The van der Waals surface area contributed by atoms with Gasteiger partial charge in [-0.15, -0.1) is 0 Å². The maximum absolute atomic E-state index is 12.5. The number of hydrogen-bond donors (Lipinski definition) is 1. The Bertz CT molecular complexity index is 1120. The Hall–Kier alpha value is -3.22. The summed E-state index contributed by atoms with van der Waals surface area (Å²) >= 11 is 0. The molecule has 1 unspecified atom stereocenters. The third-order valence-electron chi connectivity index (χ3n) is 4.83. The summed E-state index contributed by atoms with van der Waals surface area (Å²) in [5, 5.41) is 0. The van der Waals surface area contributed by atoms with Crippen LogP contribution in [0.3, 0.4) is 0 Å². The van der Waals surface area contributed by atoms with Crippen molar-refractivity contribution in [3.8, 4) is 11.1 Å². The average Bonchev–Trinajstić information content (AvgIpc) is 2.67. The van der Waals surface area contributed by atoms with Gasteiger partial charge < -0.3 is 9.72 Å². The van der Waals surface area contributed by atoms with Crippen LogP contribution < -0.4 is 11.1 Å². The highest BCUT2D eigenvalue weighted by Gasteiger charge is 2.27. The minimum atomic E-state index is -0.691. The third kappa shape index (κ3) is 2.61. The number of nitrogens with zero attached hydrogens (tertiary/aromatic N) is 2. The third-order valence-corrected chi connectivity index (χ3v) is 4.83. The Morgan fingerprint density at radius 2 is 2.19 bits per heavy atom. The van der Waals surface area contributed by atoms with E-state index in [0.29, 0.717) is 23.9 Å². The normalized spacial score (nSPS) is 15.8. The molecule has 7 nitrogen and oxygen atoms in total. The van der Waals surface area contributed by atoms with Crippen molar-refractivity contribution in [3.05, 3.63) is 62.9 Å². The van der Waals surface area contributed by atoms with Gasteiger partial charge in [0.25, 0.3) is 0 Å². The summed E-state index contributed by atoms with van der Waals surface area (Å²) in [6.07, 6.45) is 4.82. The van der Waals surface area contributed by atoms with E-state index in [9.17, 15) is 14.4 Å². The van der Waals surface area contributed by atoms with E-state index in [4.69, 9.17) is 4.74 Å². The highest BCUT2D eigenvalue weighted by molar-refractivity contribution is 5.85. The second-order valence-corrected chi connectivity index (χ2v) is 6.38. The summed E-state index contributed by atoms with van der Waals surface area (Å²) in [6, 6.07) is 7.27. The van der Waals surface area contributed by atoms with Crippen molar-refractivity contribution in [1.82, 2.24) is 14.5 Å². The van der Waals surface area contributed by atoms with Crippen LogP contribution in [0.1, 0.15) is 24.4 Å². The van der Waals surface area contributed by atoms with E-state index in [1.54, 1.807) is 12.4 Å². The highest BCUT2D eigenvalue weighted by Crippen LogP contribution is 2.33. The van der Waals surface area contributed by atoms with E-state index in [-0.39, 0.29) is 12.5 Å². The smallest absolute Gasteiger partial charge is 0.317 e. The zero-order valence-electron chi connectivity index (χ0n) is 14.2. The molecule has 0 aliphatic carbocycles. The van der Waals surface area contributed by atoms with Crippen LogP contribution in [-0.2, 0) is 16.0 Å². The predicted molar refractivity (Wildman–Crippen MR) is 96.1 cm³/mol. The van der Waals surface area contributed by atoms with E-state index < -0.39 is 17.1 Å². The fraction of sp³-hybridized carbons (Fsp3) is 0.263. The van der Waals surface area contributed by atoms with Crippen LogP contribution in [0.15, 0.2) is 46.2 Å². The largest absolute Gasteiger partial charge is 0.469 e. The van der Waals surface area contributed by atoms with Gasteiger partial charge >= 0.3 is 17.1 Å². The summed E-state index contributed by atoms with van der Waals surface area (Å²) in [6.45, 7) is 0. The molecule has 1 aromatic carbocycles. The molecular weight excluding hydrogens is 334 g/mol. The van der Waals surface area contributed by atoms with Gasteiger partial charge in [0.05, 0.1) is 24.6 Å². The number of hydrogen-bond acceptors (Lipinski definition) is 5. The molecule has 0 spiro atoms. The monoisotopic (exact) mass is 351 g/mol. The van der Waals surface area contributed by atoms with Crippen molar-refractivity contribution in [1.29, 1.82) is 0 Å². The first-order valence-electron chi connectivity index (χ1n) is 8.37. The lowest BCUT2D eigenvalue weighted by Crippen LogP contribution is -2.40. The van der Waals surface area contributed by atoms with E-state index in [2.05, 4.69) is 9.97 Å². The molecule has 1 atom stereocenters. The number of benzene rings is 1. The molecule has 3 heterocycles. The lowest BCUT2D eigenvalue weighted by atomic mass is 9.93. The van der Waals surface area contributed by atoms with Crippen molar-refractivity contribution in [2.45, 2.75) is 25.3 Å². The zero-order valence-corrected chi connectivity index (χ0v) is 14.2. The van der Waals surface area contributed by atoms with Gasteiger partial charge in [-0.05, 0) is 42.2 Å². The molecule has 0 saturated heterocycles. The van der Waals surface area contributed by atoms with Gasteiger partial charge in [-0.3, -0.25) is 23.9 Å². The lowest BCUT2D eigenvalue weighted by molar-refractivity contribution is -0.141. The van der Waals surface area contributed by atoms with Gasteiger partial charge in [0.1, 0.15) is 0 Å². The fourth-order valence-electron chi connectivity index (χ4n) is 3.62. The number of carbonyl (C=O) groups excluding carboxylic acids is 1. The first-order chi connectivity index (χ1) is 12.6. The number of pyridine rings is 1. The molecule has 0 fully saturated rings. The van der Waals surface area contributed by atoms with E-state index >= 15 is 0 Å². The first kappa shape index (κ1) is 16.3. The van der Waals surface area contributed by atoms with Crippen LogP contribution in [0.25, 0.3) is 22.2 Å². The van der Waals surface area contributed by atoms with Gasteiger partial charge in [-0.1, -0.05) is 6.07 Å². The van der Waals surface area contributed by atoms with Crippen molar-refractivity contribution in [2.24, 2.45) is 0 Å². The van der Waals surface area contributed by atoms with Gasteiger partial charge in [-0.2, -0.15) is 0 Å². The minimum Gasteiger partial charge on any atom is -0.469 e. The SMILES string of the molecule is COC(=O)CC1CCc2cc(-c3cccnc3)cc3[nH]c(=O)c(=O)n1c23. The Balaban J connectivity index is 1.96. The van der Waals surface area contributed by atoms with E-state index in [1.807, 2.05) is 24.3 Å². The number of ether oxygens (including phenoxy) is 1. The molecule has 132 valence electrons. The van der Waals surface area contributed by atoms with Gasteiger partial charge in [0.2, 0.25) is 0 Å². The summed E-state index contributed by atoms with van der Waals surface area (Å²) in [7, 11) is 1.31. The number of nitrogens with one attached hydrogen (secondary N) is 1. The molecule has 1 aliphatic rings. The molecule has 1 aliphatic heterocycles. The van der Waals surface area contributed by atoms with Gasteiger partial charge in [-0.25, -0.2) is 0 Å². The lowest BCUT2D eigenvalue weighted by Gasteiger charge is -2.27. The number of aromatic nitrogens is 3. The zero-order chi connectivity index (χ0) is 18.3. The minimum absolute atomic E-state index is 0.0682. The van der Waals surface area contributed by atoms with Crippen LogP contribution >= 0.6 is 0 Å². The van der Waals surface area contributed by atoms with Gasteiger partial charge in [0, 0.05) is 24.0 Å². The number of aryl methyl sites for hydroxylation is 1. The van der Waals surface area contributed by atoms with Crippen LogP contribution in [0, 0.1) is 0 Å². The predicted octanol–water partition coefficient (Wildman–Crippen LogP) is 1.80. The van der Waals surface area contributed by atoms with Crippen LogP contribution in [0.4, 0.5) is 0 Å². The number of methoxy groups -OCH3 is 1. The number of esters is 1. The number of H-pyrrole nitrogens is 1. The first-order valence-corrected chi connectivity index (χ1v) is 8.37. The van der Waals surface area contributed by atoms with Crippen LogP contribution in [0.2, 0.25) is 0 Å². The second-order valence-electron chi connectivity index (χ2n) is 6.38. The standard InChI is InChI=1S/C19H17N3O4/c1-26-16(23)9-14-5-4-11-7-13(12-3-2-6-20-10-12)8-15-17(11)22(14)19(25)18(24)21-15/h2-3,6-8,10,14H,4-5,9H2,1H3,(H,21,24). The van der Waals surface area contributed by atoms with Gasteiger partial charge in [0.15, 0.2) is 0 Å². The maximum Gasteiger partial charge on any atom is 0.317 e.